The van der Waals surface area contributed by atoms with Crippen molar-refractivity contribution in [3.63, 3.8) is 0 Å². The minimum atomic E-state index is -0.719. The third-order valence-corrected chi connectivity index (χ3v) is 6.86. The van der Waals surface area contributed by atoms with Gasteiger partial charge in [0.2, 0.25) is 0 Å². The first-order valence-corrected chi connectivity index (χ1v) is 13.3. The molecule has 0 spiro atoms. The van der Waals surface area contributed by atoms with Crippen LogP contribution in [0.3, 0.4) is 0 Å². The van der Waals surface area contributed by atoms with Gasteiger partial charge >= 0.3 is 11.9 Å². The van der Waals surface area contributed by atoms with Gasteiger partial charge in [0, 0.05) is 24.1 Å². The maximum atomic E-state index is 12.8. The predicted octanol–water partition coefficient (Wildman–Crippen LogP) is 4.93. The number of fused-ring (bicyclic) bond motifs is 1. The van der Waals surface area contributed by atoms with Gasteiger partial charge < -0.3 is 9.47 Å². The van der Waals surface area contributed by atoms with Crippen LogP contribution in [0.2, 0.25) is 0 Å². The maximum Gasteiger partial charge on any atom is 0.357 e. The molecule has 0 saturated carbocycles. The van der Waals surface area contributed by atoms with E-state index in [1.807, 2.05) is 18.2 Å². The van der Waals surface area contributed by atoms with Crippen LogP contribution in [-0.4, -0.2) is 59.2 Å². The highest BCUT2D eigenvalue weighted by molar-refractivity contribution is 6.21. The summed E-state index contributed by atoms with van der Waals surface area (Å²) in [4.78, 5) is 51.8. The van der Waals surface area contributed by atoms with E-state index in [1.54, 1.807) is 60.7 Å². The Morgan fingerprint density at radius 3 is 2.02 bits per heavy atom. The SMILES string of the molecule is COC(=O)c1c(-c2ccc(C#CCCCCN3C(=O)c4ccccc4C3=O)cc2)nn(-c2ccccc2)c1C(=O)OC. The molecule has 9 nitrogen and oxygen atoms in total. The van der Waals surface area contributed by atoms with E-state index in [2.05, 4.69) is 16.9 Å². The van der Waals surface area contributed by atoms with Crippen molar-refractivity contribution < 1.29 is 28.7 Å². The van der Waals surface area contributed by atoms with Gasteiger partial charge in [0.25, 0.3) is 11.8 Å². The number of benzene rings is 3. The highest BCUT2D eigenvalue weighted by atomic mass is 16.5. The summed E-state index contributed by atoms with van der Waals surface area (Å²) in [6.07, 6.45) is 1.98. The normalized spacial score (nSPS) is 12.0. The van der Waals surface area contributed by atoms with Crippen LogP contribution in [0.1, 0.15) is 66.4 Å². The van der Waals surface area contributed by atoms with E-state index in [0.717, 1.165) is 12.0 Å². The Hall–Kier alpha value is -5.49. The van der Waals surface area contributed by atoms with Crippen LogP contribution in [0.4, 0.5) is 0 Å². The number of para-hydroxylation sites is 1. The number of imide groups is 1. The van der Waals surface area contributed by atoms with Crippen LogP contribution < -0.4 is 0 Å². The minimum Gasteiger partial charge on any atom is -0.465 e. The zero-order chi connectivity index (χ0) is 29.6. The molecule has 1 aliphatic rings. The third-order valence-electron chi connectivity index (χ3n) is 6.86. The quantitative estimate of drug-likeness (QED) is 0.130. The molecule has 2 amide bonds. The van der Waals surface area contributed by atoms with Crippen molar-refractivity contribution in [2.24, 2.45) is 0 Å². The molecule has 2 heterocycles. The second-order valence-corrected chi connectivity index (χ2v) is 9.45. The number of hydrogen-bond donors (Lipinski definition) is 0. The van der Waals surface area contributed by atoms with Crippen LogP contribution in [0.25, 0.3) is 16.9 Å². The minimum absolute atomic E-state index is 0.00472. The number of rotatable bonds is 8. The van der Waals surface area contributed by atoms with E-state index < -0.39 is 11.9 Å². The molecule has 0 bridgehead atoms. The second kappa shape index (κ2) is 12.4. The van der Waals surface area contributed by atoms with Gasteiger partial charge in [-0.1, -0.05) is 54.3 Å². The number of esters is 2. The smallest absolute Gasteiger partial charge is 0.357 e. The molecule has 0 unspecified atom stereocenters. The molecular weight excluding hydrogens is 534 g/mol. The van der Waals surface area contributed by atoms with E-state index >= 15 is 0 Å². The Bertz CT molecular complexity index is 1690. The first-order chi connectivity index (χ1) is 20.4. The molecule has 0 radical (unpaired) electrons. The topological polar surface area (TPSA) is 108 Å². The molecule has 0 aliphatic carbocycles. The number of carbonyl (C=O) groups is 4. The van der Waals surface area contributed by atoms with Crippen LogP contribution in [0.15, 0.2) is 78.9 Å². The van der Waals surface area contributed by atoms with Gasteiger partial charge in [-0.2, -0.15) is 5.10 Å². The zero-order valence-corrected chi connectivity index (χ0v) is 23.1. The van der Waals surface area contributed by atoms with Gasteiger partial charge in [-0.05, 0) is 49.2 Å². The number of nitrogens with zero attached hydrogens (tertiary/aromatic N) is 3. The van der Waals surface area contributed by atoms with Crippen molar-refractivity contribution in [2.45, 2.75) is 19.3 Å². The summed E-state index contributed by atoms with van der Waals surface area (Å²) in [7, 11) is 2.48. The fourth-order valence-electron chi connectivity index (χ4n) is 4.76. The van der Waals surface area contributed by atoms with Crippen LogP contribution in [0, 0.1) is 11.8 Å². The molecule has 9 heteroatoms. The Balaban J connectivity index is 1.28. The Labute approximate surface area is 242 Å². The first kappa shape index (κ1) is 28.1. The molecule has 0 atom stereocenters. The Kier molecular flexibility index (Phi) is 8.25. The van der Waals surface area contributed by atoms with E-state index in [0.29, 0.717) is 41.8 Å². The number of ether oxygens (including phenoxy) is 2. The monoisotopic (exact) mass is 561 g/mol. The van der Waals surface area contributed by atoms with Crippen LogP contribution >= 0.6 is 0 Å². The lowest BCUT2D eigenvalue weighted by molar-refractivity contribution is 0.0549. The van der Waals surface area contributed by atoms with Crippen LogP contribution in [0.5, 0.6) is 0 Å². The number of aromatic nitrogens is 2. The van der Waals surface area contributed by atoms with Gasteiger partial charge in [0.1, 0.15) is 11.3 Å². The standard InChI is InChI=1S/C33H27N3O6/c1-41-32(39)27-28(34-36(29(27)33(40)42-2)24-13-7-5-8-14-24)23-19-17-22(18-20-23)12-6-3-4-11-21-35-30(37)25-15-9-10-16-26(25)31(35)38/h5,7-10,13-20H,3-4,11,21H2,1-2H3. The number of hydrogen-bond acceptors (Lipinski definition) is 7. The lowest BCUT2D eigenvalue weighted by atomic mass is 10.0. The van der Waals surface area contributed by atoms with Crippen LogP contribution in [-0.2, 0) is 9.47 Å². The Morgan fingerprint density at radius 1 is 0.786 bits per heavy atom. The molecule has 5 rings (SSSR count). The van der Waals surface area contributed by atoms with Crippen molar-refractivity contribution >= 4 is 23.8 Å². The largest absolute Gasteiger partial charge is 0.465 e. The average Bonchev–Trinajstić information content (AvgIpc) is 3.55. The highest BCUT2D eigenvalue weighted by Crippen LogP contribution is 2.29. The molecule has 0 saturated heterocycles. The second-order valence-electron chi connectivity index (χ2n) is 9.45. The summed E-state index contributed by atoms with van der Waals surface area (Å²) in [6.45, 7) is 0.356. The summed E-state index contributed by atoms with van der Waals surface area (Å²) in [5.74, 6) is 4.32. The zero-order valence-electron chi connectivity index (χ0n) is 23.1. The van der Waals surface area contributed by atoms with E-state index in [9.17, 15) is 19.2 Å². The van der Waals surface area contributed by atoms with E-state index in [1.165, 1.54) is 23.8 Å². The van der Waals surface area contributed by atoms with Gasteiger partial charge in [-0.3, -0.25) is 14.5 Å². The lowest BCUT2D eigenvalue weighted by Crippen LogP contribution is -2.30. The van der Waals surface area contributed by atoms with Gasteiger partial charge in [0.15, 0.2) is 5.69 Å². The average molecular weight is 562 g/mol. The lowest BCUT2D eigenvalue weighted by Gasteiger charge is -2.12. The van der Waals surface area contributed by atoms with Gasteiger partial charge in [-0.25, -0.2) is 14.3 Å². The van der Waals surface area contributed by atoms with Crippen molar-refractivity contribution in [3.05, 3.63) is 107 Å². The van der Waals surface area contributed by atoms with Crippen molar-refractivity contribution in [2.75, 3.05) is 20.8 Å². The molecule has 1 aliphatic heterocycles. The predicted molar refractivity (Wildman–Crippen MR) is 154 cm³/mol. The molecule has 0 fully saturated rings. The number of methoxy groups -OCH3 is 2. The molecule has 4 aromatic rings. The van der Waals surface area contributed by atoms with E-state index in [4.69, 9.17) is 9.47 Å². The van der Waals surface area contributed by atoms with Crippen molar-refractivity contribution in [3.8, 4) is 28.8 Å². The summed E-state index contributed by atoms with van der Waals surface area (Å²) < 4.78 is 11.3. The number of amides is 2. The first-order valence-electron chi connectivity index (χ1n) is 13.3. The fourth-order valence-corrected chi connectivity index (χ4v) is 4.76. The highest BCUT2D eigenvalue weighted by Gasteiger charge is 2.34. The fraction of sp³-hybridized carbons (Fsp3) is 0.182. The number of carbonyl (C=O) groups excluding carboxylic acids is 4. The van der Waals surface area contributed by atoms with Gasteiger partial charge in [0.05, 0.1) is 31.0 Å². The summed E-state index contributed by atoms with van der Waals surface area (Å²) in [6, 6.07) is 23.0. The maximum absolute atomic E-state index is 12.8. The molecule has 0 N–H and O–H groups in total. The molecule has 210 valence electrons. The summed E-state index contributed by atoms with van der Waals surface area (Å²) in [5.41, 5.74) is 3.10. The molecule has 42 heavy (non-hydrogen) atoms. The van der Waals surface area contributed by atoms with E-state index in [-0.39, 0.29) is 28.8 Å². The number of unbranched alkanes of at least 4 members (excludes halogenated alkanes) is 2. The molecular formula is C33H27N3O6. The Morgan fingerprint density at radius 2 is 1.40 bits per heavy atom. The summed E-state index contributed by atoms with van der Waals surface area (Å²) in [5, 5.41) is 4.60. The van der Waals surface area contributed by atoms with Crippen molar-refractivity contribution in [1.29, 1.82) is 0 Å². The third kappa shape index (κ3) is 5.43. The van der Waals surface area contributed by atoms with Crippen molar-refractivity contribution in [1.82, 2.24) is 14.7 Å². The summed E-state index contributed by atoms with van der Waals surface area (Å²) >= 11 is 0. The molecule has 1 aromatic heterocycles. The van der Waals surface area contributed by atoms with Gasteiger partial charge in [-0.15, -0.1) is 0 Å². The molecule has 3 aromatic carbocycles.